The monoisotopic (exact) mass is 1930 g/mol. The van der Waals surface area contributed by atoms with E-state index in [4.69, 9.17) is 46.0 Å². The van der Waals surface area contributed by atoms with Crippen molar-refractivity contribution in [1.29, 1.82) is 0 Å². The molecule has 22 aromatic rings. The largest absolute Gasteiger partial charge is 0.383 e. The number of rotatable bonds is 23. The summed E-state index contributed by atoms with van der Waals surface area (Å²) in [6.07, 6.45) is 25.1. The number of anilines is 6. The van der Waals surface area contributed by atoms with Gasteiger partial charge < -0.3 is 34.4 Å². The second-order valence-corrected chi connectivity index (χ2v) is 34.4. The third kappa shape index (κ3) is 22.3. The van der Waals surface area contributed by atoms with Crippen molar-refractivity contribution < 1.29 is 28.4 Å². The standard InChI is InChI=1S/C20H16FN5O.C18H15N5OS.C18H21N5O.C17H13N5OS.C16H13N7O.C11H8ClN5/c21-18-7-2-1-5-14(18)10-16(27)9-13-4-3-6-15(8-13)26-20-17(11-25-26)19(22)23-12-24-20;19-17-16-9-22-23(18(16)21-11-20-17)14-3-1-2-12(6-14)7-15(24)8-13-4-5-25-10-13;1-3-12(2)7-15(24)9-13-5-4-6-14(8-13)23-18-16(10-22-23)17(19)20-11-21-18;18-16-13-9-21-22(17(13)20-10-19-16)12-4-1-3-11(7-12)8-14(23)15-5-2-6-24-15;1-10(24)22-7-14(20-9-22)11-3-2-4-12(5-11)23-16-13(6-21-23)15(17)18-8-19-16;12-7-2-1-3-8(4-7)17-11-9(5-16-17)10(13)14-6-15-11/h1-8,11-12H,9-10H2,(H2,22,23,24);1-6,9-11H,7-8H2,(H2,19,20,21);4-6,8,10-12H,3,7,9H2,1-2H3,(H2,19,20,21);1-7,9-10H,8H2,(H2,18,19,20);2-9H,1H3,(H2,17,18,19);1-6H,(H2,13,14,15). The first-order valence-electron chi connectivity index (χ1n) is 43.8. The Kier molecular flexibility index (Phi) is 29.0. The second-order valence-electron chi connectivity index (χ2n) is 32.2. The topological polar surface area (TPSA) is 521 Å². The van der Waals surface area contributed by atoms with Crippen LogP contribution in [0.25, 0.3) is 112 Å². The molecule has 0 spiro atoms. The molecule has 22 rings (SSSR count). The van der Waals surface area contributed by atoms with Crippen molar-refractivity contribution in [3.63, 3.8) is 0 Å². The van der Waals surface area contributed by atoms with Crippen LogP contribution in [0.15, 0.2) is 292 Å². The number of ketones is 4. The van der Waals surface area contributed by atoms with Gasteiger partial charge in [0.2, 0.25) is 5.91 Å². The first-order chi connectivity index (χ1) is 68.5. The van der Waals surface area contributed by atoms with Gasteiger partial charge in [-0.2, -0.15) is 41.9 Å². The van der Waals surface area contributed by atoms with E-state index in [0.29, 0.717) is 145 Å². The lowest BCUT2D eigenvalue weighted by molar-refractivity contribution is -0.119. The molecule has 7 aromatic carbocycles. The molecule has 0 saturated carbocycles. The van der Waals surface area contributed by atoms with Gasteiger partial charge in [-0.25, -0.2) is 97.3 Å². The lowest BCUT2D eigenvalue weighted by atomic mass is 9.98. The molecule has 0 aliphatic heterocycles. The predicted octanol–water partition coefficient (Wildman–Crippen LogP) is 15.5. The number of thiophene rings is 2. The minimum absolute atomic E-state index is 0.0609. The van der Waals surface area contributed by atoms with E-state index in [-0.39, 0.29) is 47.7 Å². The number of nitrogens with two attached hydrogens (primary N) is 6. The zero-order chi connectivity index (χ0) is 98.2. The van der Waals surface area contributed by atoms with Crippen molar-refractivity contribution in [2.45, 2.75) is 72.1 Å². The quantitative estimate of drug-likeness (QED) is 0.0324. The third-order valence-electron chi connectivity index (χ3n) is 22.4. The maximum Gasteiger partial charge on any atom is 0.228 e. The first-order valence-corrected chi connectivity index (χ1v) is 46.0. The third-order valence-corrected chi connectivity index (χ3v) is 24.2. The molecule has 141 heavy (non-hydrogen) atoms. The van der Waals surface area contributed by atoms with Gasteiger partial charge in [-0.1, -0.05) is 123 Å². The molecule has 12 N–H and O–H groups in total. The number of Topliss-reactive ketones (excluding diaryl/α,β-unsaturated/α-hetero) is 4. The van der Waals surface area contributed by atoms with E-state index in [2.05, 4.69) is 109 Å². The highest BCUT2D eigenvalue weighted by Crippen LogP contribution is 2.31. The average Bonchev–Trinajstić information content (AvgIpc) is 1.67. The summed E-state index contributed by atoms with van der Waals surface area (Å²) in [5.74, 6) is 2.86. The maximum atomic E-state index is 13.7. The van der Waals surface area contributed by atoms with Crippen LogP contribution in [0.2, 0.25) is 5.02 Å². The summed E-state index contributed by atoms with van der Waals surface area (Å²) in [4.78, 5) is 115. The minimum Gasteiger partial charge on any atom is -0.383 e. The molecule has 702 valence electrons. The molecular formula is C100H86ClFN32O5S2. The highest BCUT2D eigenvalue weighted by atomic mass is 35.5. The summed E-state index contributed by atoms with van der Waals surface area (Å²) in [5.41, 5.74) is 50.5. The molecule has 0 amide bonds. The van der Waals surface area contributed by atoms with Crippen LogP contribution in [0.5, 0.6) is 0 Å². The summed E-state index contributed by atoms with van der Waals surface area (Å²) in [7, 11) is 0. The highest BCUT2D eigenvalue weighted by Gasteiger charge is 2.21. The summed E-state index contributed by atoms with van der Waals surface area (Å²) in [6.45, 7) is 5.70. The van der Waals surface area contributed by atoms with E-state index >= 15 is 0 Å². The minimum atomic E-state index is -0.361. The number of hydrogen-bond donors (Lipinski definition) is 6. The molecule has 0 aliphatic carbocycles. The van der Waals surface area contributed by atoms with Crippen molar-refractivity contribution in [2.24, 2.45) is 5.92 Å². The number of aromatic nitrogens is 26. The van der Waals surface area contributed by atoms with Crippen molar-refractivity contribution in [3.05, 3.63) is 341 Å². The molecule has 41 heteroatoms. The van der Waals surface area contributed by atoms with E-state index < -0.39 is 0 Å². The average molecular weight is 1930 g/mol. The molecular weight excluding hydrogens is 1850 g/mol. The SMILES string of the molecule is CC(=O)n1cnc(-c2cccc(-n3ncc4c(N)ncnc43)c2)c1.CCC(C)CC(=O)Cc1cccc(-n2ncc3c(N)ncnc32)c1.Nc1ncnc2c1cnn2-c1cccc(CC(=O)Cc2ccccc2F)c1.Nc1ncnc2c1cnn2-c1cccc(CC(=O)Cc2ccsc2)c1.Nc1ncnc2c1cnn2-c1cccc(CC(=O)c2cccs2)c1.Nc1ncnc2c1cnn2-c1cccc(Cl)c1. The first kappa shape index (κ1) is 94.6. The number of nitrogens with zero attached hydrogens (tertiary/aromatic N) is 26. The van der Waals surface area contributed by atoms with E-state index in [1.54, 1.807) is 107 Å². The molecule has 1 atom stereocenters. The van der Waals surface area contributed by atoms with E-state index in [9.17, 15) is 28.4 Å². The van der Waals surface area contributed by atoms with Crippen molar-refractivity contribution in [1.82, 2.24) is 128 Å². The number of hydrogen-bond acceptors (Lipinski definition) is 32. The Labute approximate surface area is 814 Å². The molecule has 15 heterocycles. The number of benzene rings is 7. The van der Waals surface area contributed by atoms with Crippen LogP contribution in [0, 0.1) is 11.7 Å². The molecule has 1 unspecified atom stereocenters. The van der Waals surface area contributed by atoms with E-state index in [1.807, 2.05) is 174 Å². The molecule has 15 aromatic heterocycles. The number of halogens is 2. The van der Waals surface area contributed by atoms with Crippen LogP contribution in [0.1, 0.15) is 81.5 Å². The molecule has 37 nitrogen and oxygen atoms in total. The zero-order valence-electron chi connectivity index (χ0n) is 75.7. The zero-order valence-corrected chi connectivity index (χ0v) is 78.0. The number of fused-ring (bicyclic) bond motifs is 6. The van der Waals surface area contributed by atoms with Gasteiger partial charge in [-0.05, 0) is 153 Å². The summed E-state index contributed by atoms with van der Waals surface area (Å²) >= 11 is 9.01. The van der Waals surface area contributed by atoms with Gasteiger partial charge in [0.15, 0.2) is 39.7 Å². The van der Waals surface area contributed by atoms with Crippen LogP contribution in [0.3, 0.4) is 0 Å². The van der Waals surface area contributed by atoms with Gasteiger partial charge in [0.25, 0.3) is 0 Å². The van der Waals surface area contributed by atoms with Crippen LogP contribution in [-0.4, -0.2) is 157 Å². The summed E-state index contributed by atoms with van der Waals surface area (Å²) < 4.78 is 25.3. The van der Waals surface area contributed by atoms with Crippen LogP contribution in [0.4, 0.5) is 39.3 Å². The molecule has 0 saturated heterocycles. The Morgan fingerprint density at radius 1 is 0.376 bits per heavy atom. The molecule has 0 radical (unpaired) electrons. The molecule has 0 aliphatic rings. The molecule has 0 bridgehead atoms. The molecule has 0 fully saturated rings. The lowest BCUT2D eigenvalue weighted by Crippen LogP contribution is -2.08. The predicted molar refractivity (Wildman–Crippen MR) is 540 cm³/mol. The van der Waals surface area contributed by atoms with E-state index in [0.717, 1.165) is 89.6 Å². The highest BCUT2D eigenvalue weighted by molar-refractivity contribution is 7.12. The van der Waals surface area contributed by atoms with Crippen molar-refractivity contribution in [3.8, 4) is 45.4 Å². The maximum absolute atomic E-state index is 13.7. The Hall–Kier alpha value is -18.2. The van der Waals surface area contributed by atoms with Gasteiger partial charge in [0, 0.05) is 68.7 Å². The van der Waals surface area contributed by atoms with Gasteiger partial charge in [-0.3, -0.25) is 28.5 Å². The lowest BCUT2D eigenvalue weighted by Gasteiger charge is -2.09. The smallest absolute Gasteiger partial charge is 0.228 e. The van der Waals surface area contributed by atoms with Crippen molar-refractivity contribution in [2.75, 3.05) is 34.4 Å². The fourth-order valence-electron chi connectivity index (χ4n) is 15.1. The second kappa shape index (κ2) is 43.2. The fourth-order valence-corrected chi connectivity index (χ4v) is 16.7. The van der Waals surface area contributed by atoms with Gasteiger partial charge in [0.05, 0.1) is 114 Å². The van der Waals surface area contributed by atoms with Crippen LogP contribution < -0.4 is 34.4 Å². The Bertz CT molecular complexity index is 8300. The fraction of sp³-hybridized carbons (Fsp3) is 0.120. The van der Waals surface area contributed by atoms with Crippen LogP contribution >= 0.6 is 34.3 Å². The van der Waals surface area contributed by atoms with Crippen LogP contribution in [-0.2, 0) is 52.9 Å². The number of nitrogen functional groups attached to an aromatic ring is 6. The van der Waals surface area contributed by atoms with Gasteiger partial charge in [-0.15, -0.1) is 11.3 Å². The summed E-state index contributed by atoms with van der Waals surface area (Å²) in [6, 6.07) is 57.8. The van der Waals surface area contributed by atoms with Gasteiger partial charge in [0.1, 0.15) is 102 Å². The van der Waals surface area contributed by atoms with Crippen molar-refractivity contribution >= 4 is 164 Å². The summed E-state index contributed by atoms with van der Waals surface area (Å²) in [5, 5.41) is 36.8. The number of imidazole rings is 1. The Morgan fingerprint density at radius 2 is 0.738 bits per heavy atom. The van der Waals surface area contributed by atoms with E-state index in [1.165, 1.54) is 73.2 Å². The normalized spacial score (nSPS) is 11.2. The Morgan fingerprint density at radius 3 is 1.10 bits per heavy atom. The number of carbonyl (C=O) groups excluding carboxylic acids is 5. The van der Waals surface area contributed by atoms with Gasteiger partial charge >= 0.3 is 0 Å². The Balaban J connectivity index is 0.000000117. The number of carbonyl (C=O) groups is 5.